The molecule has 0 fully saturated rings. The van der Waals surface area contributed by atoms with E-state index in [1.165, 1.54) is 34.2 Å². The van der Waals surface area contributed by atoms with Gasteiger partial charge in [0.25, 0.3) is 5.56 Å². The van der Waals surface area contributed by atoms with Crippen molar-refractivity contribution in [3.8, 4) is 11.5 Å². The first-order valence-electron chi connectivity index (χ1n) is 15.0. The Kier molecular flexibility index (Phi) is 7.12. The molecule has 14 nitrogen and oxygen atoms in total. The second kappa shape index (κ2) is 11.1. The van der Waals surface area contributed by atoms with Crippen LogP contribution in [0, 0.1) is 0 Å². The van der Waals surface area contributed by atoms with Crippen LogP contribution in [0.25, 0.3) is 11.0 Å². The Morgan fingerprint density at radius 1 is 1.04 bits per heavy atom. The molecule has 7 rings (SSSR count). The molecule has 3 aromatic heterocycles. The average molecular weight is 642 g/mol. The number of aliphatic hydroxyl groups is 1. The molecular formula is C33H31N5O9. The highest BCUT2D eigenvalue weighted by Crippen LogP contribution is 2.49. The van der Waals surface area contributed by atoms with E-state index in [9.17, 15) is 29.1 Å². The van der Waals surface area contributed by atoms with Gasteiger partial charge >= 0.3 is 11.4 Å². The molecule has 0 spiro atoms. The van der Waals surface area contributed by atoms with Gasteiger partial charge in [0.15, 0.2) is 23.1 Å². The van der Waals surface area contributed by atoms with Gasteiger partial charge in [-0.3, -0.25) is 14.4 Å². The first-order valence-corrected chi connectivity index (χ1v) is 15.0. The number of rotatable bonds is 7. The lowest BCUT2D eigenvalue weighted by molar-refractivity contribution is -0.116. The van der Waals surface area contributed by atoms with Crippen LogP contribution in [0.4, 0.5) is 0 Å². The van der Waals surface area contributed by atoms with Crippen molar-refractivity contribution in [2.24, 2.45) is 7.05 Å². The number of carbonyl (C=O) groups is 2. The van der Waals surface area contributed by atoms with E-state index in [0.717, 1.165) is 4.57 Å². The molecule has 1 N–H and O–H groups in total. The molecule has 2 aliphatic carbocycles. The number of aromatic nitrogens is 5. The van der Waals surface area contributed by atoms with Gasteiger partial charge in [-0.2, -0.15) is 0 Å². The van der Waals surface area contributed by atoms with E-state index in [1.807, 2.05) is 0 Å². The number of aliphatic hydroxyl groups excluding tert-OH is 1. The second-order valence-corrected chi connectivity index (χ2v) is 11.7. The smallest absolute Gasteiger partial charge is 0.347 e. The molecule has 0 amide bonds. The molecule has 0 saturated carbocycles. The molecule has 0 radical (unpaired) electrons. The molecule has 1 aromatic carbocycles. The third-order valence-electron chi connectivity index (χ3n) is 9.25. The highest BCUT2D eigenvalue weighted by molar-refractivity contribution is 6.23. The van der Waals surface area contributed by atoms with Crippen molar-refractivity contribution in [3.63, 3.8) is 0 Å². The zero-order valence-corrected chi connectivity index (χ0v) is 26.1. The molecule has 0 saturated heterocycles. The maximum Gasteiger partial charge on any atom is 0.347 e. The van der Waals surface area contributed by atoms with Crippen molar-refractivity contribution in [2.45, 2.75) is 51.4 Å². The quantitative estimate of drug-likeness (QED) is 0.230. The fourth-order valence-corrected chi connectivity index (χ4v) is 6.94. The normalized spacial score (nSPS) is 18.9. The lowest BCUT2D eigenvalue weighted by atomic mass is 9.69. The number of hydrogen-bond donors (Lipinski definition) is 1. The zero-order valence-electron chi connectivity index (χ0n) is 26.1. The average Bonchev–Trinajstić information content (AvgIpc) is 3.65. The Bertz CT molecular complexity index is 2310. The molecule has 242 valence electrons. The van der Waals surface area contributed by atoms with Crippen molar-refractivity contribution < 1.29 is 28.6 Å². The van der Waals surface area contributed by atoms with E-state index < -0.39 is 23.3 Å². The van der Waals surface area contributed by atoms with Gasteiger partial charge in [0.2, 0.25) is 0 Å². The topological polar surface area (TPSA) is 170 Å². The summed E-state index contributed by atoms with van der Waals surface area (Å²) in [5.74, 6) is 0.0921. The third kappa shape index (κ3) is 4.50. The number of ether oxygens (including phenoxy) is 2. The number of ketones is 2. The number of methoxy groups -OCH3 is 2. The van der Waals surface area contributed by atoms with Crippen LogP contribution in [-0.4, -0.2) is 54.4 Å². The van der Waals surface area contributed by atoms with E-state index in [4.69, 9.17) is 13.9 Å². The Balaban J connectivity index is 1.28. The maximum atomic E-state index is 14.0. The maximum absolute atomic E-state index is 14.0. The van der Waals surface area contributed by atoms with E-state index >= 15 is 0 Å². The van der Waals surface area contributed by atoms with Gasteiger partial charge in [-0.25, -0.2) is 28.5 Å². The molecule has 2 atom stereocenters. The van der Waals surface area contributed by atoms with Crippen molar-refractivity contribution in [2.75, 3.05) is 14.2 Å². The van der Waals surface area contributed by atoms with Crippen LogP contribution >= 0.6 is 0 Å². The Morgan fingerprint density at radius 2 is 1.79 bits per heavy atom. The summed E-state index contributed by atoms with van der Waals surface area (Å²) in [6, 6.07) is 5.79. The van der Waals surface area contributed by atoms with E-state index in [2.05, 4.69) is 4.98 Å². The molecule has 14 heteroatoms. The molecule has 4 heterocycles. The van der Waals surface area contributed by atoms with Crippen LogP contribution in [0.15, 0.2) is 77.5 Å². The highest BCUT2D eigenvalue weighted by Gasteiger charge is 2.45. The van der Waals surface area contributed by atoms with Gasteiger partial charge in [0, 0.05) is 55.3 Å². The number of carbonyl (C=O) groups excluding carboxylic acids is 2. The summed E-state index contributed by atoms with van der Waals surface area (Å²) in [7, 11) is 4.59. The number of furan rings is 1. The molecule has 47 heavy (non-hydrogen) atoms. The zero-order chi connectivity index (χ0) is 33.3. The Labute approximate surface area is 266 Å². The van der Waals surface area contributed by atoms with E-state index in [1.54, 1.807) is 44.3 Å². The van der Waals surface area contributed by atoms with Crippen LogP contribution in [0.5, 0.6) is 11.5 Å². The number of Topliss-reactive ketones (excluding diaryl/α,β-unsaturated/α-hetero) is 1. The number of nitrogens with zero attached hydrogens (tertiary/aromatic N) is 5. The van der Waals surface area contributed by atoms with Crippen LogP contribution in [0.3, 0.4) is 0 Å². The summed E-state index contributed by atoms with van der Waals surface area (Å²) in [6.07, 6.45) is 3.12. The van der Waals surface area contributed by atoms with Crippen molar-refractivity contribution in [1.29, 1.82) is 0 Å². The van der Waals surface area contributed by atoms with Gasteiger partial charge in [-0.05, 0) is 30.7 Å². The minimum atomic E-state index is -0.788. The highest BCUT2D eigenvalue weighted by atomic mass is 16.5. The number of hydrogen-bond acceptors (Lipinski definition) is 10. The largest absolute Gasteiger partial charge is 0.493 e. The third-order valence-corrected chi connectivity index (χ3v) is 9.25. The molecule has 3 aliphatic rings. The molecular weight excluding hydrogens is 610 g/mol. The van der Waals surface area contributed by atoms with Crippen molar-refractivity contribution in [1.82, 2.24) is 23.5 Å². The minimum absolute atomic E-state index is 0.00763. The van der Waals surface area contributed by atoms with Gasteiger partial charge in [-0.1, -0.05) is 6.08 Å². The first kappa shape index (κ1) is 30.2. The van der Waals surface area contributed by atoms with Crippen LogP contribution in [0.2, 0.25) is 0 Å². The lowest BCUT2D eigenvalue weighted by Gasteiger charge is -2.38. The second-order valence-electron chi connectivity index (χ2n) is 11.7. The number of benzene rings is 1. The summed E-state index contributed by atoms with van der Waals surface area (Å²) in [6.45, 7) is 1.13. The minimum Gasteiger partial charge on any atom is -0.493 e. The molecule has 2 unspecified atom stereocenters. The summed E-state index contributed by atoms with van der Waals surface area (Å²) >= 11 is 0. The molecule has 4 aromatic rings. The van der Waals surface area contributed by atoms with Crippen LogP contribution < -0.4 is 26.4 Å². The van der Waals surface area contributed by atoms with Gasteiger partial charge < -0.3 is 23.6 Å². The molecule has 1 aliphatic heterocycles. The van der Waals surface area contributed by atoms with Gasteiger partial charge in [-0.15, -0.1) is 0 Å². The predicted molar refractivity (Wildman–Crippen MR) is 167 cm³/mol. The van der Waals surface area contributed by atoms with Crippen LogP contribution in [0.1, 0.15) is 42.5 Å². The number of fused-ring (bicyclic) bond motifs is 4. The summed E-state index contributed by atoms with van der Waals surface area (Å²) in [5, 5.41) is 9.63. The standard InChI is InChI=1S/C33H31N5O9/c1-16-11-24(40)28-19(30(16)41)12-22-18(29(28)25-6-5-17(15-39)47-25)7-10-37-32(43)36(33(44)38(22)37)9-8-20-31(42)35(2)23-14-27(46-4)26(45-3)13-21(23)34-20/h5-7,11,13-14,22,29,39H,8-10,12,15H2,1-4H3. The Hall–Kier alpha value is -5.50. The van der Waals surface area contributed by atoms with Crippen molar-refractivity contribution >= 4 is 22.6 Å². The molecule has 0 bridgehead atoms. The number of aryl methyl sites for hydroxylation is 2. The van der Waals surface area contributed by atoms with Crippen molar-refractivity contribution in [3.05, 3.63) is 107 Å². The lowest BCUT2D eigenvalue weighted by Crippen LogP contribution is -2.40. The monoisotopic (exact) mass is 641 g/mol. The van der Waals surface area contributed by atoms with Gasteiger partial charge in [0.1, 0.15) is 23.8 Å². The van der Waals surface area contributed by atoms with Gasteiger partial charge in [0.05, 0.1) is 43.8 Å². The summed E-state index contributed by atoms with van der Waals surface area (Å²) < 4.78 is 21.7. The fraction of sp³-hybridized carbons (Fsp3) is 0.333. The first-order chi connectivity index (χ1) is 22.6. The number of allylic oxidation sites excluding steroid dienone is 6. The predicted octanol–water partition coefficient (Wildman–Crippen LogP) is 1.47. The van der Waals surface area contributed by atoms with Crippen LogP contribution in [-0.2, 0) is 42.8 Å². The fourth-order valence-electron chi connectivity index (χ4n) is 6.94. The van der Waals surface area contributed by atoms with E-state index in [-0.39, 0.29) is 77.8 Å². The summed E-state index contributed by atoms with van der Waals surface area (Å²) in [4.78, 5) is 72.2. The van der Waals surface area contributed by atoms with E-state index in [0.29, 0.717) is 33.9 Å². The summed E-state index contributed by atoms with van der Waals surface area (Å²) in [5.41, 5.74) is 1.05. The SMILES string of the molecule is COc1cc2nc(CCn3c(=O)n4n(c3=O)C3CC5=C(C(=O)C=C(C)C5=O)C(c5ccc(CO)o5)C3=CC4)c(=O)n(C)c2cc1OC. The Morgan fingerprint density at radius 3 is 2.49 bits per heavy atom.